The summed E-state index contributed by atoms with van der Waals surface area (Å²) in [6.07, 6.45) is -0.602. The van der Waals surface area contributed by atoms with Crippen molar-refractivity contribution >= 4 is 11.3 Å². The zero-order chi connectivity index (χ0) is 10.8. The van der Waals surface area contributed by atoms with Gasteiger partial charge in [-0.05, 0) is 43.0 Å². The molecule has 2 aromatic rings. The fraction of sp³-hybridized carbons (Fsp3) is 0.250. The van der Waals surface area contributed by atoms with Crippen LogP contribution in [-0.2, 0) is 0 Å². The van der Waals surface area contributed by atoms with Crippen LogP contribution in [0.1, 0.15) is 27.9 Å². The Bertz CT molecular complexity index is 464. The van der Waals surface area contributed by atoms with Crippen LogP contribution in [0.3, 0.4) is 0 Å². The van der Waals surface area contributed by atoms with Crippen molar-refractivity contribution in [2.75, 3.05) is 0 Å². The second-order valence-electron chi connectivity index (χ2n) is 3.60. The highest BCUT2D eigenvalue weighted by Crippen LogP contribution is 2.24. The van der Waals surface area contributed by atoms with E-state index in [0.717, 1.165) is 11.3 Å². The van der Waals surface area contributed by atoms with Gasteiger partial charge in [0.05, 0.1) is 5.69 Å². The number of pyridine rings is 1. The highest BCUT2D eigenvalue weighted by Gasteiger charge is 2.12. The van der Waals surface area contributed by atoms with Gasteiger partial charge in [-0.25, -0.2) is 0 Å². The Morgan fingerprint density at radius 3 is 2.73 bits per heavy atom. The van der Waals surface area contributed by atoms with E-state index >= 15 is 0 Å². The molecule has 0 aliphatic rings. The summed E-state index contributed by atoms with van der Waals surface area (Å²) in [5, 5.41) is 12.0. The molecule has 3 heteroatoms. The summed E-state index contributed by atoms with van der Waals surface area (Å²) in [7, 11) is 0. The average molecular weight is 219 g/mol. The van der Waals surface area contributed by atoms with Crippen LogP contribution in [0.25, 0.3) is 0 Å². The van der Waals surface area contributed by atoms with E-state index in [1.165, 1.54) is 4.88 Å². The van der Waals surface area contributed by atoms with Crippen molar-refractivity contribution in [1.82, 2.24) is 4.98 Å². The van der Waals surface area contributed by atoms with Gasteiger partial charge in [-0.15, -0.1) is 11.3 Å². The van der Waals surface area contributed by atoms with Gasteiger partial charge in [0, 0.05) is 10.6 Å². The standard InChI is InChI=1S/C12H13NOS/c1-8-4-3-5-11(13-8)12(14)10-6-9(2)15-7-10/h3-7,12,14H,1-2H3. The smallest absolute Gasteiger partial charge is 0.122 e. The zero-order valence-corrected chi connectivity index (χ0v) is 9.58. The van der Waals surface area contributed by atoms with Gasteiger partial charge < -0.3 is 5.11 Å². The maximum atomic E-state index is 10.1. The van der Waals surface area contributed by atoms with Crippen molar-refractivity contribution in [2.24, 2.45) is 0 Å². The predicted octanol–water partition coefficient (Wildman–Crippen LogP) is 2.84. The highest BCUT2D eigenvalue weighted by atomic mass is 32.1. The molecule has 15 heavy (non-hydrogen) atoms. The Labute approximate surface area is 93.2 Å². The molecule has 0 aliphatic heterocycles. The fourth-order valence-corrected chi connectivity index (χ4v) is 2.22. The number of nitrogens with zero attached hydrogens (tertiary/aromatic N) is 1. The third kappa shape index (κ3) is 2.25. The van der Waals surface area contributed by atoms with E-state index < -0.39 is 6.10 Å². The minimum Gasteiger partial charge on any atom is -0.382 e. The summed E-state index contributed by atoms with van der Waals surface area (Å²) in [5.41, 5.74) is 2.57. The van der Waals surface area contributed by atoms with Gasteiger partial charge in [0.15, 0.2) is 0 Å². The van der Waals surface area contributed by atoms with E-state index in [-0.39, 0.29) is 0 Å². The molecular formula is C12H13NOS. The molecule has 0 bridgehead atoms. The lowest BCUT2D eigenvalue weighted by Crippen LogP contribution is -2.01. The molecule has 0 radical (unpaired) electrons. The summed E-state index contributed by atoms with van der Waals surface area (Å²) in [5.74, 6) is 0. The Morgan fingerprint density at radius 2 is 2.13 bits per heavy atom. The van der Waals surface area contributed by atoms with E-state index in [2.05, 4.69) is 4.98 Å². The quantitative estimate of drug-likeness (QED) is 0.842. The Balaban J connectivity index is 2.32. The normalized spacial score (nSPS) is 12.7. The van der Waals surface area contributed by atoms with Crippen LogP contribution in [0.2, 0.25) is 0 Å². The Morgan fingerprint density at radius 1 is 1.33 bits per heavy atom. The molecule has 1 unspecified atom stereocenters. The lowest BCUT2D eigenvalue weighted by atomic mass is 10.1. The minimum absolute atomic E-state index is 0.602. The van der Waals surface area contributed by atoms with Crippen LogP contribution < -0.4 is 0 Å². The first-order chi connectivity index (χ1) is 7.16. The SMILES string of the molecule is Cc1cccc(C(O)c2csc(C)c2)n1. The van der Waals surface area contributed by atoms with Crippen molar-refractivity contribution in [3.05, 3.63) is 51.5 Å². The predicted molar refractivity (Wildman–Crippen MR) is 62.1 cm³/mol. The molecule has 0 amide bonds. The first-order valence-corrected chi connectivity index (χ1v) is 5.71. The highest BCUT2D eigenvalue weighted by molar-refractivity contribution is 7.10. The Kier molecular flexibility index (Phi) is 2.84. The molecule has 2 aromatic heterocycles. The van der Waals surface area contributed by atoms with E-state index in [1.54, 1.807) is 11.3 Å². The largest absolute Gasteiger partial charge is 0.382 e. The summed E-state index contributed by atoms with van der Waals surface area (Å²) >= 11 is 1.64. The minimum atomic E-state index is -0.602. The molecule has 2 rings (SSSR count). The van der Waals surface area contributed by atoms with Crippen LogP contribution >= 0.6 is 11.3 Å². The van der Waals surface area contributed by atoms with Gasteiger partial charge in [0.25, 0.3) is 0 Å². The first kappa shape index (κ1) is 10.3. The molecule has 1 atom stereocenters. The number of aromatic nitrogens is 1. The van der Waals surface area contributed by atoms with Gasteiger partial charge in [-0.2, -0.15) is 0 Å². The number of thiophene rings is 1. The first-order valence-electron chi connectivity index (χ1n) is 4.83. The van der Waals surface area contributed by atoms with Gasteiger partial charge in [-0.1, -0.05) is 6.07 Å². The number of aryl methyl sites for hydroxylation is 2. The molecule has 78 valence electrons. The lowest BCUT2D eigenvalue weighted by Gasteiger charge is -2.08. The molecule has 0 aliphatic carbocycles. The third-order valence-electron chi connectivity index (χ3n) is 2.26. The number of rotatable bonds is 2. The van der Waals surface area contributed by atoms with Crippen molar-refractivity contribution < 1.29 is 5.11 Å². The van der Waals surface area contributed by atoms with Crippen LogP contribution in [0.15, 0.2) is 29.6 Å². The maximum absolute atomic E-state index is 10.1. The lowest BCUT2D eigenvalue weighted by molar-refractivity contribution is 0.215. The van der Waals surface area contributed by atoms with Gasteiger partial charge in [0.1, 0.15) is 6.10 Å². The van der Waals surface area contributed by atoms with Gasteiger partial charge >= 0.3 is 0 Å². The summed E-state index contributed by atoms with van der Waals surface area (Å²) in [6, 6.07) is 7.69. The molecule has 0 spiro atoms. The monoisotopic (exact) mass is 219 g/mol. The molecule has 2 heterocycles. The van der Waals surface area contributed by atoms with Gasteiger partial charge in [0.2, 0.25) is 0 Å². The van der Waals surface area contributed by atoms with E-state index in [1.807, 2.05) is 43.5 Å². The van der Waals surface area contributed by atoms with E-state index in [4.69, 9.17) is 0 Å². The van der Waals surface area contributed by atoms with Crippen LogP contribution in [0, 0.1) is 13.8 Å². The number of aliphatic hydroxyl groups excluding tert-OH is 1. The van der Waals surface area contributed by atoms with Crippen LogP contribution in [0.5, 0.6) is 0 Å². The molecular weight excluding hydrogens is 206 g/mol. The zero-order valence-electron chi connectivity index (χ0n) is 8.77. The number of hydrogen-bond donors (Lipinski definition) is 1. The summed E-state index contributed by atoms with van der Waals surface area (Å²) in [4.78, 5) is 5.52. The molecule has 0 aromatic carbocycles. The second kappa shape index (κ2) is 4.13. The van der Waals surface area contributed by atoms with Crippen molar-refractivity contribution in [3.63, 3.8) is 0 Å². The third-order valence-corrected chi connectivity index (χ3v) is 3.14. The van der Waals surface area contributed by atoms with Crippen molar-refractivity contribution in [1.29, 1.82) is 0 Å². The molecule has 1 N–H and O–H groups in total. The molecule has 0 saturated heterocycles. The summed E-state index contributed by atoms with van der Waals surface area (Å²) < 4.78 is 0. The molecule has 0 saturated carbocycles. The van der Waals surface area contributed by atoms with Crippen molar-refractivity contribution in [3.8, 4) is 0 Å². The summed E-state index contributed by atoms with van der Waals surface area (Å²) in [6.45, 7) is 3.96. The van der Waals surface area contributed by atoms with E-state index in [9.17, 15) is 5.11 Å². The maximum Gasteiger partial charge on any atom is 0.122 e. The topological polar surface area (TPSA) is 33.1 Å². The van der Waals surface area contributed by atoms with Gasteiger partial charge in [-0.3, -0.25) is 4.98 Å². The molecule has 0 fully saturated rings. The van der Waals surface area contributed by atoms with Crippen molar-refractivity contribution in [2.45, 2.75) is 20.0 Å². The second-order valence-corrected chi connectivity index (χ2v) is 4.71. The molecule has 2 nitrogen and oxygen atoms in total. The number of aliphatic hydroxyl groups is 1. The van der Waals surface area contributed by atoms with Crippen LogP contribution in [-0.4, -0.2) is 10.1 Å². The van der Waals surface area contributed by atoms with E-state index in [0.29, 0.717) is 5.69 Å². The van der Waals surface area contributed by atoms with Crippen LogP contribution in [0.4, 0.5) is 0 Å². The Hall–Kier alpha value is -1.19. The average Bonchev–Trinajstić information content (AvgIpc) is 2.64. The number of hydrogen-bond acceptors (Lipinski definition) is 3. The fourth-order valence-electron chi connectivity index (χ4n) is 1.49.